The third-order valence-corrected chi connectivity index (χ3v) is 4.91. The summed E-state index contributed by atoms with van der Waals surface area (Å²) < 4.78 is 7.35. The average Bonchev–Trinajstić information content (AvgIpc) is 3.11. The van der Waals surface area contributed by atoms with E-state index in [1.165, 1.54) is 11.3 Å². The number of hydrogen-bond donors (Lipinski definition) is 1. The van der Waals surface area contributed by atoms with E-state index < -0.39 is 0 Å². The van der Waals surface area contributed by atoms with Crippen molar-refractivity contribution in [2.24, 2.45) is 5.92 Å². The summed E-state index contributed by atoms with van der Waals surface area (Å²) in [6.07, 6.45) is 4.11. The lowest BCUT2D eigenvalue weighted by atomic mass is 9.99. The van der Waals surface area contributed by atoms with E-state index in [0.717, 1.165) is 35.7 Å². The molecular weight excluding hydrogens is 290 g/mol. The topological polar surface area (TPSA) is 81.9 Å². The van der Waals surface area contributed by atoms with Gasteiger partial charge in [0.05, 0.1) is 29.7 Å². The second-order valence-electron chi connectivity index (χ2n) is 5.32. The molecule has 1 atom stereocenters. The Morgan fingerprint density at radius 2 is 2.43 bits per heavy atom. The van der Waals surface area contributed by atoms with Crippen LogP contribution < -0.4 is 5.32 Å². The summed E-state index contributed by atoms with van der Waals surface area (Å²) in [6.45, 7) is 1.96. The molecule has 21 heavy (non-hydrogen) atoms. The Morgan fingerprint density at radius 1 is 1.48 bits per heavy atom. The van der Waals surface area contributed by atoms with Gasteiger partial charge in [0.2, 0.25) is 5.91 Å². The van der Waals surface area contributed by atoms with Crippen LogP contribution in [0, 0.1) is 5.92 Å². The minimum Gasteiger partial charge on any atom is -0.375 e. The number of hydrogen-bond acceptors (Lipinski definition) is 6. The van der Waals surface area contributed by atoms with Crippen LogP contribution >= 0.6 is 11.3 Å². The molecule has 0 radical (unpaired) electrons. The highest BCUT2D eigenvalue weighted by molar-refractivity contribution is 7.15. The predicted molar refractivity (Wildman–Crippen MR) is 75.9 cm³/mol. The van der Waals surface area contributed by atoms with Crippen LogP contribution in [0.4, 0.5) is 5.13 Å². The highest BCUT2D eigenvalue weighted by atomic mass is 32.1. The molecule has 0 fully saturated rings. The number of thiazole rings is 1. The minimum absolute atomic E-state index is 0.0290. The third-order valence-electron chi connectivity index (χ3n) is 3.92. The number of amides is 1. The lowest BCUT2D eigenvalue weighted by molar-refractivity contribution is -0.120. The Hall–Kier alpha value is -1.80. The van der Waals surface area contributed by atoms with Gasteiger partial charge in [0, 0.05) is 19.4 Å². The Balaban J connectivity index is 1.45. The fraction of sp³-hybridized carbons (Fsp3) is 0.538. The monoisotopic (exact) mass is 305 g/mol. The summed E-state index contributed by atoms with van der Waals surface area (Å²) in [4.78, 5) is 18.0. The van der Waals surface area contributed by atoms with Crippen LogP contribution in [-0.2, 0) is 35.5 Å². The van der Waals surface area contributed by atoms with Crippen molar-refractivity contribution in [2.75, 3.05) is 11.9 Å². The van der Waals surface area contributed by atoms with E-state index in [9.17, 15) is 4.79 Å². The molecule has 2 aromatic rings. The summed E-state index contributed by atoms with van der Waals surface area (Å²) >= 11 is 1.52. The Morgan fingerprint density at radius 3 is 3.33 bits per heavy atom. The molecule has 4 heterocycles. The van der Waals surface area contributed by atoms with Crippen LogP contribution in [0.25, 0.3) is 0 Å². The van der Waals surface area contributed by atoms with E-state index in [-0.39, 0.29) is 11.8 Å². The first-order valence-electron chi connectivity index (χ1n) is 7.03. The van der Waals surface area contributed by atoms with Crippen molar-refractivity contribution in [1.29, 1.82) is 0 Å². The third kappa shape index (κ3) is 2.44. The largest absolute Gasteiger partial charge is 0.375 e. The average molecular weight is 305 g/mol. The van der Waals surface area contributed by atoms with Crippen LogP contribution in [0.15, 0.2) is 6.33 Å². The zero-order valence-corrected chi connectivity index (χ0v) is 12.2. The summed E-state index contributed by atoms with van der Waals surface area (Å²) in [5.74, 6) is 0.938. The summed E-state index contributed by atoms with van der Waals surface area (Å²) in [5.41, 5.74) is 1.06. The number of carbonyl (C=O) groups excluding carboxylic acids is 1. The minimum atomic E-state index is -0.0503. The van der Waals surface area contributed by atoms with Crippen LogP contribution in [0.1, 0.15) is 22.8 Å². The number of anilines is 1. The van der Waals surface area contributed by atoms with E-state index in [2.05, 4.69) is 20.5 Å². The van der Waals surface area contributed by atoms with Gasteiger partial charge in [-0.3, -0.25) is 4.79 Å². The van der Waals surface area contributed by atoms with Gasteiger partial charge in [-0.15, -0.1) is 10.2 Å². The molecular formula is C13H15N5O2S. The summed E-state index contributed by atoms with van der Waals surface area (Å²) in [5, 5.41) is 11.6. The molecule has 4 rings (SSSR count). The van der Waals surface area contributed by atoms with E-state index >= 15 is 0 Å². The maximum Gasteiger partial charge on any atom is 0.231 e. The van der Waals surface area contributed by atoms with Gasteiger partial charge in [-0.1, -0.05) is 11.3 Å². The van der Waals surface area contributed by atoms with E-state index in [0.29, 0.717) is 24.9 Å². The van der Waals surface area contributed by atoms with Gasteiger partial charge in [0.1, 0.15) is 12.2 Å². The molecule has 0 aliphatic carbocycles. The van der Waals surface area contributed by atoms with E-state index in [1.807, 2.05) is 4.57 Å². The molecule has 2 aliphatic rings. The number of nitrogens with one attached hydrogen (secondary N) is 1. The van der Waals surface area contributed by atoms with Gasteiger partial charge < -0.3 is 14.6 Å². The molecule has 0 aromatic carbocycles. The van der Waals surface area contributed by atoms with Crippen molar-refractivity contribution in [3.63, 3.8) is 0 Å². The molecule has 0 spiro atoms. The highest BCUT2D eigenvalue weighted by Crippen LogP contribution is 2.28. The normalized spacial score (nSPS) is 20.7. The van der Waals surface area contributed by atoms with Crippen molar-refractivity contribution in [2.45, 2.75) is 32.4 Å². The number of aromatic nitrogens is 4. The van der Waals surface area contributed by atoms with Crippen LogP contribution in [0.3, 0.4) is 0 Å². The van der Waals surface area contributed by atoms with Crippen LogP contribution in [-0.4, -0.2) is 32.3 Å². The van der Waals surface area contributed by atoms with E-state index in [4.69, 9.17) is 4.74 Å². The van der Waals surface area contributed by atoms with Crippen molar-refractivity contribution in [3.8, 4) is 0 Å². The summed E-state index contributed by atoms with van der Waals surface area (Å²) in [7, 11) is 0. The maximum atomic E-state index is 12.4. The first kappa shape index (κ1) is 12.9. The van der Waals surface area contributed by atoms with Crippen molar-refractivity contribution in [1.82, 2.24) is 19.7 Å². The molecule has 2 aliphatic heterocycles. The molecule has 110 valence electrons. The van der Waals surface area contributed by atoms with Crippen molar-refractivity contribution < 1.29 is 9.53 Å². The van der Waals surface area contributed by atoms with Crippen molar-refractivity contribution in [3.05, 3.63) is 22.7 Å². The van der Waals surface area contributed by atoms with Gasteiger partial charge >= 0.3 is 0 Å². The quantitative estimate of drug-likeness (QED) is 0.895. The first-order valence-corrected chi connectivity index (χ1v) is 7.85. The molecule has 7 nitrogen and oxygen atoms in total. The first-order chi connectivity index (χ1) is 10.3. The number of rotatable bonds is 2. The van der Waals surface area contributed by atoms with Gasteiger partial charge in [0.25, 0.3) is 0 Å². The molecule has 8 heteroatoms. The molecule has 2 aromatic heterocycles. The van der Waals surface area contributed by atoms with Crippen LogP contribution in [0.5, 0.6) is 0 Å². The Bertz CT molecular complexity index is 656. The molecule has 0 saturated heterocycles. The lowest BCUT2D eigenvalue weighted by Crippen LogP contribution is -2.31. The number of carbonyl (C=O) groups is 1. The maximum absolute atomic E-state index is 12.4. The Kier molecular flexibility index (Phi) is 3.19. The zero-order valence-electron chi connectivity index (χ0n) is 11.4. The number of ether oxygens (including phenoxy) is 1. The second kappa shape index (κ2) is 5.19. The zero-order chi connectivity index (χ0) is 14.2. The molecule has 0 bridgehead atoms. The molecule has 1 N–H and O–H groups in total. The van der Waals surface area contributed by atoms with Gasteiger partial charge in [-0.05, 0) is 6.42 Å². The van der Waals surface area contributed by atoms with Crippen molar-refractivity contribution >= 4 is 22.4 Å². The number of fused-ring (bicyclic) bond motifs is 2. The predicted octanol–water partition coefficient (Wildman–Crippen LogP) is 1.01. The fourth-order valence-electron chi connectivity index (χ4n) is 2.76. The van der Waals surface area contributed by atoms with Gasteiger partial charge in [-0.2, -0.15) is 0 Å². The smallest absolute Gasteiger partial charge is 0.231 e. The van der Waals surface area contributed by atoms with Crippen LogP contribution in [0.2, 0.25) is 0 Å². The summed E-state index contributed by atoms with van der Waals surface area (Å²) in [6, 6.07) is 0. The molecule has 0 saturated carbocycles. The SMILES string of the molecule is O=C(Nc1nc2c(s1)COCC2)C1CCc2nncn2C1. The Labute approximate surface area is 125 Å². The second-order valence-corrected chi connectivity index (χ2v) is 6.40. The number of aryl methyl sites for hydroxylation is 1. The fourth-order valence-corrected chi connectivity index (χ4v) is 3.71. The molecule has 1 amide bonds. The van der Waals surface area contributed by atoms with E-state index in [1.54, 1.807) is 6.33 Å². The molecule has 1 unspecified atom stereocenters. The highest BCUT2D eigenvalue weighted by Gasteiger charge is 2.26. The van der Waals surface area contributed by atoms with Gasteiger partial charge in [0.15, 0.2) is 5.13 Å². The number of nitrogens with zero attached hydrogens (tertiary/aromatic N) is 4. The standard InChI is InChI=1S/C13H15N5O2S/c19-12(8-1-2-11-17-14-7-18(11)5-8)16-13-15-9-3-4-20-6-10(9)21-13/h7-8H,1-6H2,(H,15,16,19). The lowest BCUT2D eigenvalue weighted by Gasteiger charge is -2.21. The van der Waals surface area contributed by atoms with Gasteiger partial charge in [-0.25, -0.2) is 4.98 Å².